The van der Waals surface area contributed by atoms with Crippen molar-refractivity contribution in [1.29, 1.82) is 0 Å². The van der Waals surface area contributed by atoms with Crippen molar-refractivity contribution in [3.05, 3.63) is 0 Å². The Morgan fingerprint density at radius 3 is 1.70 bits per heavy atom. The fourth-order valence-electron chi connectivity index (χ4n) is 0.510. The lowest BCUT2D eigenvalue weighted by atomic mass is 10.4. The molecule has 1 saturated heterocycles. The summed E-state index contributed by atoms with van der Waals surface area (Å²) in [5.41, 5.74) is 0. The molecule has 0 aromatic heterocycles. The first-order valence-corrected chi connectivity index (χ1v) is 3.57. The summed E-state index contributed by atoms with van der Waals surface area (Å²) in [7, 11) is 0. The maximum absolute atomic E-state index is 8.36. The second-order valence-electron chi connectivity index (χ2n) is 1.42. The molecule has 0 bridgehead atoms. The van der Waals surface area contributed by atoms with Gasteiger partial charge in [0.1, 0.15) is 0 Å². The molecule has 0 aromatic rings. The fraction of sp³-hybridized carbons (Fsp3) is 0.857. The van der Waals surface area contributed by atoms with E-state index >= 15 is 0 Å². The largest absolute Gasteiger partial charge is 0.483 e. The number of carbonyl (C=O) groups is 1. The lowest BCUT2D eigenvalue weighted by Gasteiger charge is -1.76. The van der Waals surface area contributed by atoms with Crippen LogP contribution < -0.4 is 0 Å². The maximum Gasteiger partial charge on any atom is 0.290 e. The molecule has 0 spiro atoms. The van der Waals surface area contributed by atoms with Gasteiger partial charge in [0.25, 0.3) is 6.47 Å². The highest BCUT2D eigenvalue weighted by atomic mass is 16.5. The minimum absolute atomic E-state index is 0.250. The molecule has 1 N–H and O–H groups in total. The summed E-state index contributed by atoms with van der Waals surface area (Å²) in [5, 5.41) is 6.89. The molecule has 1 heterocycles. The predicted molar refractivity (Wildman–Crippen MR) is 40.1 cm³/mol. The van der Waals surface area contributed by atoms with E-state index in [0.29, 0.717) is 0 Å². The molecule has 1 aliphatic rings. The second-order valence-corrected chi connectivity index (χ2v) is 1.42. The van der Waals surface area contributed by atoms with E-state index in [4.69, 9.17) is 14.6 Å². The maximum atomic E-state index is 8.36. The zero-order chi connectivity index (χ0) is 8.24. The van der Waals surface area contributed by atoms with E-state index < -0.39 is 0 Å². The van der Waals surface area contributed by atoms with Gasteiger partial charge in [0.15, 0.2) is 0 Å². The quantitative estimate of drug-likeness (QED) is 0.530. The van der Waals surface area contributed by atoms with Gasteiger partial charge in [-0.1, -0.05) is 13.8 Å². The van der Waals surface area contributed by atoms with Crippen LogP contribution in [0.2, 0.25) is 0 Å². The average molecular weight is 148 g/mol. The molecule has 1 aliphatic heterocycles. The molecule has 0 unspecified atom stereocenters. The van der Waals surface area contributed by atoms with Crippen molar-refractivity contribution in [3.63, 3.8) is 0 Å². The van der Waals surface area contributed by atoms with Crippen LogP contribution in [0, 0.1) is 0 Å². The average Bonchev–Trinajstić information content (AvgIpc) is 2.48. The molecule has 3 nitrogen and oxygen atoms in total. The molecule has 1 fully saturated rings. The lowest BCUT2D eigenvalue weighted by Crippen LogP contribution is -1.74. The Hall–Kier alpha value is -0.570. The van der Waals surface area contributed by atoms with Crippen molar-refractivity contribution in [2.75, 3.05) is 13.2 Å². The predicted octanol–water partition coefficient (Wildman–Crippen LogP) is 1.52. The molecule has 0 amide bonds. The van der Waals surface area contributed by atoms with Crippen LogP contribution in [0.4, 0.5) is 0 Å². The van der Waals surface area contributed by atoms with Crippen LogP contribution in [0.3, 0.4) is 0 Å². The van der Waals surface area contributed by atoms with E-state index in [-0.39, 0.29) is 6.47 Å². The Labute approximate surface area is 62.0 Å². The molecule has 0 aliphatic carbocycles. The zero-order valence-corrected chi connectivity index (χ0v) is 6.67. The summed E-state index contributed by atoms with van der Waals surface area (Å²) < 4.78 is 4.94. The molecular weight excluding hydrogens is 132 g/mol. The van der Waals surface area contributed by atoms with Gasteiger partial charge in [-0.15, -0.1) is 0 Å². The smallest absolute Gasteiger partial charge is 0.290 e. The van der Waals surface area contributed by atoms with Gasteiger partial charge in [0.2, 0.25) is 0 Å². The standard InChI is InChI=1S/C4H8O.C2H6.CH2O2/c1-2-4-5-3-1;1-2;2-1-3/h1-4H2;1-2H3;1H,(H,2,3). The first kappa shape index (κ1) is 12.1. The van der Waals surface area contributed by atoms with Crippen molar-refractivity contribution in [2.24, 2.45) is 0 Å². The minimum atomic E-state index is -0.250. The summed E-state index contributed by atoms with van der Waals surface area (Å²) in [6.07, 6.45) is 2.56. The third-order valence-corrected chi connectivity index (χ3v) is 0.827. The van der Waals surface area contributed by atoms with Crippen LogP contribution >= 0.6 is 0 Å². The van der Waals surface area contributed by atoms with Gasteiger partial charge in [-0.05, 0) is 12.8 Å². The van der Waals surface area contributed by atoms with Gasteiger partial charge in [-0.2, -0.15) is 0 Å². The number of carboxylic acid groups (broad SMARTS) is 1. The van der Waals surface area contributed by atoms with Crippen LogP contribution in [0.15, 0.2) is 0 Å². The third kappa shape index (κ3) is 15.7. The van der Waals surface area contributed by atoms with Gasteiger partial charge in [-0.3, -0.25) is 4.79 Å². The number of hydrogen-bond acceptors (Lipinski definition) is 2. The summed E-state index contributed by atoms with van der Waals surface area (Å²) >= 11 is 0. The number of rotatable bonds is 0. The fourth-order valence-corrected chi connectivity index (χ4v) is 0.510. The molecule has 0 atom stereocenters. The summed E-state index contributed by atoms with van der Waals surface area (Å²) in [4.78, 5) is 8.36. The molecule has 3 heteroatoms. The second kappa shape index (κ2) is 15.8. The van der Waals surface area contributed by atoms with E-state index in [2.05, 4.69) is 0 Å². The first-order valence-electron chi connectivity index (χ1n) is 3.57. The molecule has 0 aromatic carbocycles. The molecular formula is C7H16O3. The summed E-state index contributed by atoms with van der Waals surface area (Å²) in [6.45, 7) is 5.75. The third-order valence-electron chi connectivity index (χ3n) is 0.827. The molecule has 10 heavy (non-hydrogen) atoms. The van der Waals surface area contributed by atoms with Crippen molar-refractivity contribution < 1.29 is 14.6 Å². The van der Waals surface area contributed by atoms with E-state index in [1.807, 2.05) is 13.8 Å². The van der Waals surface area contributed by atoms with Crippen molar-refractivity contribution in [1.82, 2.24) is 0 Å². The van der Waals surface area contributed by atoms with Crippen LogP contribution in [0.5, 0.6) is 0 Å². The van der Waals surface area contributed by atoms with Gasteiger partial charge >= 0.3 is 0 Å². The first-order chi connectivity index (χ1) is 4.91. The summed E-state index contributed by atoms with van der Waals surface area (Å²) in [6, 6.07) is 0. The Kier molecular flexibility index (Phi) is 19.2. The Balaban J connectivity index is 0. The number of hydrogen-bond donors (Lipinski definition) is 1. The minimum Gasteiger partial charge on any atom is -0.483 e. The number of ether oxygens (including phenoxy) is 1. The Bertz CT molecular complexity index is 43.2. The normalized spacial score (nSPS) is 13.8. The van der Waals surface area contributed by atoms with E-state index in [9.17, 15) is 0 Å². The highest BCUT2D eigenvalue weighted by Crippen LogP contribution is 1.98. The van der Waals surface area contributed by atoms with Crippen LogP contribution in [-0.4, -0.2) is 24.8 Å². The van der Waals surface area contributed by atoms with Gasteiger partial charge in [0.05, 0.1) is 0 Å². The Morgan fingerprint density at radius 1 is 1.30 bits per heavy atom. The molecule has 0 saturated carbocycles. The zero-order valence-electron chi connectivity index (χ0n) is 6.67. The summed E-state index contributed by atoms with van der Waals surface area (Å²) in [5.74, 6) is 0. The van der Waals surface area contributed by atoms with E-state index in [1.54, 1.807) is 0 Å². The van der Waals surface area contributed by atoms with Gasteiger partial charge in [-0.25, -0.2) is 0 Å². The van der Waals surface area contributed by atoms with Crippen molar-refractivity contribution in [3.8, 4) is 0 Å². The monoisotopic (exact) mass is 148 g/mol. The van der Waals surface area contributed by atoms with Crippen LogP contribution in [-0.2, 0) is 9.53 Å². The Morgan fingerprint density at radius 2 is 1.60 bits per heavy atom. The van der Waals surface area contributed by atoms with E-state index in [0.717, 1.165) is 13.2 Å². The van der Waals surface area contributed by atoms with Crippen LogP contribution in [0.25, 0.3) is 0 Å². The molecule has 1 rings (SSSR count). The highest BCUT2D eigenvalue weighted by Gasteiger charge is 1.94. The topological polar surface area (TPSA) is 46.5 Å². The SMILES string of the molecule is C1CCOC1.CC.O=CO. The molecule has 0 radical (unpaired) electrons. The highest BCUT2D eigenvalue weighted by molar-refractivity contribution is 5.32. The van der Waals surface area contributed by atoms with Gasteiger partial charge in [0, 0.05) is 13.2 Å². The molecule has 62 valence electrons. The van der Waals surface area contributed by atoms with Crippen LogP contribution in [0.1, 0.15) is 26.7 Å². The van der Waals surface area contributed by atoms with Crippen molar-refractivity contribution >= 4 is 6.47 Å². The van der Waals surface area contributed by atoms with E-state index in [1.165, 1.54) is 12.8 Å². The van der Waals surface area contributed by atoms with Gasteiger partial charge < -0.3 is 9.84 Å². The lowest BCUT2D eigenvalue weighted by molar-refractivity contribution is -0.122. The van der Waals surface area contributed by atoms with Crippen molar-refractivity contribution in [2.45, 2.75) is 26.7 Å².